The number of hydrogen-bond acceptors (Lipinski definition) is 6. The fourth-order valence-electron chi connectivity index (χ4n) is 3.10. The fourth-order valence-corrected chi connectivity index (χ4v) is 3.10. The molecule has 2 rings (SSSR count). The number of carbonyl (C=O) groups excluding carboxylic acids is 2. The van der Waals surface area contributed by atoms with Crippen LogP contribution in [0.25, 0.3) is 0 Å². The average molecular weight is 392 g/mol. The number of amides is 2. The summed E-state index contributed by atoms with van der Waals surface area (Å²) in [6, 6.07) is 1.41. The van der Waals surface area contributed by atoms with Gasteiger partial charge in [-0.25, -0.2) is 9.59 Å². The molecule has 1 aliphatic heterocycles. The number of aliphatic carboxylic acids is 1. The van der Waals surface area contributed by atoms with E-state index in [0.717, 1.165) is 0 Å². The molecule has 2 N–H and O–H groups in total. The molecule has 2 heterocycles. The van der Waals surface area contributed by atoms with E-state index in [1.807, 2.05) is 6.07 Å². The molecule has 1 atom stereocenters. The summed E-state index contributed by atoms with van der Waals surface area (Å²) in [6.07, 6.45) is 2.52. The van der Waals surface area contributed by atoms with Crippen molar-refractivity contribution in [3.63, 3.8) is 0 Å². The van der Waals surface area contributed by atoms with Crippen molar-refractivity contribution >= 4 is 23.7 Å². The summed E-state index contributed by atoms with van der Waals surface area (Å²) < 4.78 is 11.6. The minimum atomic E-state index is -0.951. The Morgan fingerprint density at radius 1 is 1.43 bits per heavy atom. The Hall–Kier alpha value is -3.06. The van der Waals surface area contributed by atoms with E-state index in [9.17, 15) is 24.8 Å². The third-order valence-electron chi connectivity index (χ3n) is 4.49. The van der Waals surface area contributed by atoms with Gasteiger partial charge in [0.05, 0.1) is 30.4 Å². The Bertz CT molecular complexity index is 782. The van der Waals surface area contributed by atoms with E-state index in [4.69, 9.17) is 9.47 Å². The lowest BCUT2D eigenvalue weighted by atomic mass is 9.99. The number of nitrogens with one attached hydrogen (secondary N) is 1. The summed E-state index contributed by atoms with van der Waals surface area (Å²) in [5.74, 6) is -2.25. The highest BCUT2D eigenvalue weighted by atomic mass is 16.5. The van der Waals surface area contributed by atoms with Crippen LogP contribution in [-0.2, 0) is 20.8 Å². The highest BCUT2D eigenvalue weighted by Gasteiger charge is 2.30. The van der Waals surface area contributed by atoms with Crippen LogP contribution in [-0.4, -0.2) is 66.0 Å². The number of rotatable bonds is 7. The molecule has 10 heteroatoms. The first-order chi connectivity index (χ1) is 13.4. The molecule has 10 nitrogen and oxygen atoms in total. The van der Waals surface area contributed by atoms with Crippen LogP contribution < -0.4 is 5.32 Å². The Kier molecular flexibility index (Phi) is 7.40. The van der Waals surface area contributed by atoms with E-state index in [1.165, 1.54) is 22.8 Å². The molecule has 0 aliphatic carbocycles. The summed E-state index contributed by atoms with van der Waals surface area (Å²) in [5, 5.41) is 21.2. The maximum absolute atomic E-state index is 12.7. The van der Waals surface area contributed by atoms with Gasteiger partial charge in [-0.15, -0.1) is 0 Å². The Morgan fingerprint density at radius 2 is 2.18 bits per heavy atom. The molecule has 1 aliphatic rings. The second kappa shape index (κ2) is 9.75. The summed E-state index contributed by atoms with van der Waals surface area (Å²) in [5.41, 5.74) is 0.217. The standard InChI is InChI=1S/C18H24N4O6/c1-3-28-17(25)15-14(13(9-19)11-21(15)7-8-27-2)20-18(26)22-6-4-5-12(10-22)16(23)24/h11-12H,3-8,10H2,1-2H3,(H,20,26)(H,23,24). The van der Waals surface area contributed by atoms with Crippen molar-refractivity contribution in [3.05, 3.63) is 17.5 Å². The average Bonchev–Trinajstić information content (AvgIpc) is 3.03. The zero-order chi connectivity index (χ0) is 20.7. The molecule has 1 aromatic heterocycles. The van der Waals surface area contributed by atoms with Crippen molar-refractivity contribution in [2.24, 2.45) is 5.92 Å². The van der Waals surface area contributed by atoms with Gasteiger partial charge in [0, 0.05) is 32.9 Å². The summed E-state index contributed by atoms with van der Waals surface area (Å²) >= 11 is 0. The van der Waals surface area contributed by atoms with Crippen LogP contribution in [0.4, 0.5) is 10.5 Å². The van der Waals surface area contributed by atoms with Gasteiger partial charge in [-0.1, -0.05) is 0 Å². The first-order valence-electron chi connectivity index (χ1n) is 9.00. The fraction of sp³-hybridized carbons (Fsp3) is 0.556. The number of piperidine rings is 1. The number of nitriles is 1. The number of anilines is 1. The Morgan fingerprint density at radius 3 is 2.79 bits per heavy atom. The molecule has 0 radical (unpaired) electrons. The summed E-state index contributed by atoms with van der Waals surface area (Å²) in [4.78, 5) is 37.7. The molecule has 152 valence electrons. The maximum atomic E-state index is 12.7. The van der Waals surface area contributed by atoms with Gasteiger partial charge in [0.15, 0.2) is 5.69 Å². The van der Waals surface area contributed by atoms with Crippen LogP contribution >= 0.6 is 0 Å². The van der Waals surface area contributed by atoms with Gasteiger partial charge in [0.1, 0.15) is 6.07 Å². The van der Waals surface area contributed by atoms with E-state index >= 15 is 0 Å². The molecule has 1 fully saturated rings. The second-order valence-corrected chi connectivity index (χ2v) is 6.34. The SMILES string of the molecule is CCOC(=O)c1c(NC(=O)N2CCCC(C(=O)O)C2)c(C#N)cn1CCOC. The summed E-state index contributed by atoms with van der Waals surface area (Å²) in [6.45, 7) is 2.85. The van der Waals surface area contributed by atoms with E-state index in [-0.39, 0.29) is 30.1 Å². The largest absolute Gasteiger partial charge is 0.481 e. The van der Waals surface area contributed by atoms with Gasteiger partial charge in [0.2, 0.25) is 0 Å². The molecule has 1 unspecified atom stereocenters. The number of esters is 1. The van der Waals surface area contributed by atoms with Crippen LogP contribution in [0.5, 0.6) is 0 Å². The number of ether oxygens (including phenoxy) is 2. The van der Waals surface area contributed by atoms with Crippen molar-refractivity contribution in [2.45, 2.75) is 26.3 Å². The third-order valence-corrected chi connectivity index (χ3v) is 4.49. The topological polar surface area (TPSA) is 134 Å². The molecule has 28 heavy (non-hydrogen) atoms. The number of carboxylic acids is 1. The minimum Gasteiger partial charge on any atom is -0.481 e. The molecule has 1 aromatic rings. The number of carboxylic acid groups (broad SMARTS) is 1. The van der Waals surface area contributed by atoms with Gasteiger partial charge >= 0.3 is 18.0 Å². The summed E-state index contributed by atoms with van der Waals surface area (Å²) in [7, 11) is 1.51. The molecular formula is C18H24N4O6. The molecule has 0 spiro atoms. The van der Waals surface area contributed by atoms with Gasteiger partial charge in [-0.3, -0.25) is 4.79 Å². The Labute approximate surface area is 162 Å². The van der Waals surface area contributed by atoms with Gasteiger partial charge in [0.25, 0.3) is 0 Å². The first kappa shape index (κ1) is 21.2. The lowest BCUT2D eigenvalue weighted by molar-refractivity contribution is -0.143. The van der Waals surface area contributed by atoms with E-state index in [1.54, 1.807) is 6.92 Å². The van der Waals surface area contributed by atoms with Crippen molar-refractivity contribution in [1.82, 2.24) is 9.47 Å². The van der Waals surface area contributed by atoms with Crippen LogP contribution in [0, 0.1) is 17.2 Å². The highest BCUT2D eigenvalue weighted by Crippen LogP contribution is 2.26. The monoisotopic (exact) mass is 392 g/mol. The number of carbonyl (C=O) groups is 3. The molecule has 0 aromatic carbocycles. The lowest BCUT2D eigenvalue weighted by Crippen LogP contribution is -2.44. The quantitative estimate of drug-likeness (QED) is 0.672. The van der Waals surface area contributed by atoms with Crippen LogP contribution in [0.15, 0.2) is 6.20 Å². The molecule has 0 saturated carbocycles. The van der Waals surface area contributed by atoms with E-state index < -0.39 is 23.9 Å². The van der Waals surface area contributed by atoms with Crippen molar-refractivity contribution in [2.75, 3.05) is 38.7 Å². The lowest BCUT2D eigenvalue weighted by Gasteiger charge is -2.30. The number of urea groups is 1. The van der Waals surface area contributed by atoms with Gasteiger partial charge in [-0.05, 0) is 19.8 Å². The Balaban J connectivity index is 2.31. The molecule has 2 amide bonds. The number of likely N-dealkylation sites (tertiary alicyclic amines) is 1. The van der Waals surface area contributed by atoms with Crippen LogP contribution in [0.1, 0.15) is 35.8 Å². The van der Waals surface area contributed by atoms with Gasteiger partial charge in [-0.2, -0.15) is 5.26 Å². The van der Waals surface area contributed by atoms with Crippen LogP contribution in [0.2, 0.25) is 0 Å². The van der Waals surface area contributed by atoms with Gasteiger partial charge < -0.3 is 29.4 Å². The van der Waals surface area contributed by atoms with Crippen LogP contribution in [0.3, 0.4) is 0 Å². The zero-order valence-corrected chi connectivity index (χ0v) is 15.9. The number of nitrogens with zero attached hydrogens (tertiary/aromatic N) is 3. The maximum Gasteiger partial charge on any atom is 0.357 e. The van der Waals surface area contributed by atoms with E-state index in [2.05, 4.69) is 5.32 Å². The first-order valence-corrected chi connectivity index (χ1v) is 9.00. The minimum absolute atomic E-state index is 0.0515. The van der Waals surface area contributed by atoms with Crippen molar-refractivity contribution in [1.29, 1.82) is 5.26 Å². The highest BCUT2D eigenvalue weighted by molar-refractivity contribution is 6.01. The van der Waals surface area contributed by atoms with Crippen molar-refractivity contribution in [3.8, 4) is 6.07 Å². The normalized spacial score (nSPS) is 16.3. The number of methoxy groups -OCH3 is 1. The van der Waals surface area contributed by atoms with Crippen molar-refractivity contribution < 1.29 is 29.0 Å². The van der Waals surface area contributed by atoms with E-state index in [0.29, 0.717) is 32.5 Å². The molecular weight excluding hydrogens is 368 g/mol. The molecule has 1 saturated heterocycles. The smallest absolute Gasteiger partial charge is 0.357 e. The molecule has 0 bridgehead atoms. The second-order valence-electron chi connectivity index (χ2n) is 6.34. The number of hydrogen-bond donors (Lipinski definition) is 2. The predicted molar refractivity (Wildman–Crippen MR) is 97.9 cm³/mol. The predicted octanol–water partition coefficient (Wildman–Crippen LogP) is 1.51. The number of aromatic nitrogens is 1. The zero-order valence-electron chi connectivity index (χ0n) is 15.9. The third kappa shape index (κ3) is 4.80.